The topological polar surface area (TPSA) is 9.23 Å². The summed E-state index contributed by atoms with van der Waals surface area (Å²) in [5.41, 5.74) is 8.12. The molecule has 0 aliphatic rings. The smallest absolute Gasteiger partial charge is 0.427 e. The van der Waals surface area contributed by atoms with Gasteiger partial charge in [0.25, 0.3) is 0 Å². The Morgan fingerprint density at radius 2 is 1.13 bits per heavy atom. The van der Waals surface area contributed by atoms with E-state index >= 15 is 8.78 Å². The third-order valence-electron chi connectivity index (χ3n) is 5.76. The van der Waals surface area contributed by atoms with Gasteiger partial charge in [0.1, 0.15) is 5.75 Å². The molecule has 0 fully saturated rings. The Balaban J connectivity index is 2.05. The highest BCUT2D eigenvalue weighted by molar-refractivity contribution is 9.10. The van der Waals surface area contributed by atoms with Crippen molar-refractivity contribution in [2.75, 3.05) is 0 Å². The van der Waals surface area contributed by atoms with Crippen LogP contribution in [0.3, 0.4) is 0 Å². The fraction of sp³-hybridized carbons (Fsp3) is 0.308. The number of alkyl halides is 2. The normalized spacial score (nSPS) is 11.7. The van der Waals surface area contributed by atoms with Gasteiger partial charge in [0.15, 0.2) is 0 Å². The van der Waals surface area contributed by atoms with Crippen LogP contribution in [0.1, 0.15) is 44.5 Å². The zero-order chi connectivity index (χ0) is 22.4. The molecule has 0 bridgehead atoms. The molecule has 3 aromatic carbocycles. The SMILES string of the molecule is Cc1cc(OC(F)(F)c2c(C)cc(-c3c(C)cc(Br)cc3C)cc2C)cc(C)c1C. The van der Waals surface area contributed by atoms with Crippen LogP contribution in [0, 0.1) is 48.5 Å². The molecule has 30 heavy (non-hydrogen) atoms. The summed E-state index contributed by atoms with van der Waals surface area (Å²) in [5.74, 6) is 0.183. The van der Waals surface area contributed by atoms with Gasteiger partial charge in [-0.3, -0.25) is 0 Å². The predicted molar refractivity (Wildman–Crippen MR) is 124 cm³/mol. The van der Waals surface area contributed by atoms with Gasteiger partial charge in [0, 0.05) is 4.47 Å². The number of benzene rings is 3. The van der Waals surface area contributed by atoms with Crippen molar-refractivity contribution >= 4 is 15.9 Å². The molecule has 158 valence electrons. The number of hydrogen-bond acceptors (Lipinski definition) is 1. The molecule has 0 aliphatic carbocycles. The average molecular weight is 473 g/mol. The molecule has 3 rings (SSSR count). The third kappa shape index (κ3) is 4.29. The molecule has 1 nitrogen and oxygen atoms in total. The molecule has 0 N–H and O–H groups in total. The summed E-state index contributed by atoms with van der Waals surface area (Å²) in [5, 5.41) is 0. The van der Waals surface area contributed by atoms with Crippen molar-refractivity contribution < 1.29 is 13.5 Å². The number of hydrogen-bond donors (Lipinski definition) is 0. The van der Waals surface area contributed by atoms with Gasteiger partial charge in [0.2, 0.25) is 0 Å². The zero-order valence-corrected chi connectivity index (χ0v) is 20.1. The number of halogens is 3. The third-order valence-corrected chi connectivity index (χ3v) is 6.21. The lowest BCUT2D eigenvalue weighted by molar-refractivity contribution is -0.186. The first-order valence-electron chi connectivity index (χ1n) is 9.94. The second-order valence-electron chi connectivity index (χ2n) is 8.20. The van der Waals surface area contributed by atoms with E-state index in [2.05, 4.69) is 15.9 Å². The van der Waals surface area contributed by atoms with E-state index in [0.717, 1.165) is 43.4 Å². The monoisotopic (exact) mass is 472 g/mol. The summed E-state index contributed by atoms with van der Waals surface area (Å²) >= 11 is 3.52. The Labute approximate surface area is 186 Å². The molecule has 0 heterocycles. The lowest BCUT2D eigenvalue weighted by Gasteiger charge is -2.24. The average Bonchev–Trinajstić information content (AvgIpc) is 2.57. The summed E-state index contributed by atoms with van der Waals surface area (Å²) in [6.07, 6.45) is -3.43. The molecule has 4 heteroatoms. The molecule has 3 aromatic rings. The van der Waals surface area contributed by atoms with Crippen LogP contribution in [0.4, 0.5) is 8.78 Å². The summed E-state index contributed by atoms with van der Waals surface area (Å²) in [6.45, 7) is 13.3. The molecular formula is C26H27BrF2O. The molecule has 0 unspecified atom stereocenters. The van der Waals surface area contributed by atoms with E-state index in [1.807, 2.05) is 58.9 Å². The Bertz CT molecular complexity index is 1060. The van der Waals surface area contributed by atoms with Gasteiger partial charge < -0.3 is 4.74 Å². The van der Waals surface area contributed by atoms with Crippen LogP contribution in [0.15, 0.2) is 40.9 Å². The van der Waals surface area contributed by atoms with E-state index in [1.165, 1.54) is 0 Å². The summed E-state index contributed by atoms with van der Waals surface area (Å²) in [4.78, 5) is 0. The second-order valence-corrected chi connectivity index (χ2v) is 9.12. The maximum atomic E-state index is 15.2. The quantitative estimate of drug-likeness (QED) is 0.370. The largest absolute Gasteiger partial charge is 0.429 e. The van der Waals surface area contributed by atoms with Gasteiger partial charge in [-0.15, -0.1) is 0 Å². The molecule has 0 amide bonds. The highest BCUT2D eigenvalue weighted by Crippen LogP contribution is 2.39. The first kappa shape index (κ1) is 22.5. The van der Waals surface area contributed by atoms with Crippen LogP contribution in [0.25, 0.3) is 11.1 Å². The first-order chi connectivity index (χ1) is 13.9. The minimum Gasteiger partial charge on any atom is -0.429 e. The lowest BCUT2D eigenvalue weighted by Crippen LogP contribution is -2.24. The van der Waals surface area contributed by atoms with Gasteiger partial charge in [-0.1, -0.05) is 28.1 Å². The van der Waals surface area contributed by atoms with Crippen LogP contribution in [-0.4, -0.2) is 0 Å². The molecule has 0 radical (unpaired) electrons. The molecule has 0 saturated heterocycles. The minimum atomic E-state index is -3.43. The van der Waals surface area contributed by atoms with Crippen LogP contribution in [-0.2, 0) is 6.11 Å². The van der Waals surface area contributed by atoms with Crippen LogP contribution in [0.5, 0.6) is 5.75 Å². The zero-order valence-electron chi connectivity index (χ0n) is 18.5. The van der Waals surface area contributed by atoms with Crippen molar-refractivity contribution in [3.8, 4) is 16.9 Å². The maximum Gasteiger partial charge on any atom is 0.427 e. The fourth-order valence-electron chi connectivity index (χ4n) is 4.19. The Morgan fingerprint density at radius 1 is 0.667 bits per heavy atom. The minimum absolute atomic E-state index is 0.0745. The van der Waals surface area contributed by atoms with E-state index in [0.29, 0.717) is 11.1 Å². The fourth-order valence-corrected chi connectivity index (χ4v) is 4.87. The summed E-state index contributed by atoms with van der Waals surface area (Å²) < 4.78 is 36.7. The van der Waals surface area contributed by atoms with Crippen molar-refractivity contribution in [2.24, 2.45) is 0 Å². The molecule has 0 atom stereocenters. The van der Waals surface area contributed by atoms with Gasteiger partial charge in [0.05, 0.1) is 5.56 Å². The van der Waals surface area contributed by atoms with Crippen molar-refractivity contribution in [1.29, 1.82) is 0 Å². The lowest BCUT2D eigenvalue weighted by atomic mass is 9.90. The van der Waals surface area contributed by atoms with Crippen molar-refractivity contribution in [3.05, 3.63) is 85.4 Å². The van der Waals surface area contributed by atoms with Gasteiger partial charge in [-0.05, 0) is 123 Å². The molecule has 0 aliphatic heterocycles. The Kier molecular flexibility index (Phi) is 6.10. The summed E-state index contributed by atoms with van der Waals surface area (Å²) in [7, 11) is 0. The Morgan fingerprint density at radius 3 is 1.60 bits per heavy atom. The highest BCUT2D eigenvalue weighted by Gasteiger charge is 2.38. The number of rotatable bonds is 4. The van der Waals surface area contributed by atoms with Crippen LogP contribution >= 0.6 is 15.9 Å². The highest BCUT2D eigenvalue weighted by atomic mass is 79.9. The van der Waals surface area contributed by atoms with E-state index in [-0.39, 0.29) is 11.3 Å². The number of ether oxygens (including phenoxy) is 1. The molecule has 0 aromatic heterocycles. The van der Waals surface area contributed by atoms with Crippen molar-refractivity contribution in [1.82, 2.24) is 0 Å². The van der Waals surface area contributed by atoms with Crippen molar-refractivity contribution in [3.63, 3.8) is 0 Å². The van der Waals surface area contributed by atoms with Crippen LogP contribution in [0.2, 0.25) is 0 Å². The van der Waals surface area contributed by atoms with Gasteiger partial charge in [-0.25, -0.2) is 0 Å². The molecular weight excluding hydrogens is 446 g/mol. The molecule has 0 saturated carbocycles. The van der Waals surface area contributed by atoms with Crippen molar-refractivity contribution in [2.45, 2.75) is 54.6 Å². The van der Waals surface area contributed by atoms with Crippen LogP contribution < -0.4 is 4.74 Å². The van der Waals surface area contributed by atoms with Gasteiger partial charge in [-0.2, -0.15) is 8.78 Å². The van der Waals surface area contributed by atoms with E-state index in [4.69, 9.17) is 4.74 Å². The Hall–Kier alpha value is -2.20. The number of aryl methyl sites for hydroxylation is 6. The molecule has 0 spiro atoms. The maximum absolute atomic E-state index is 15.2. The predicted octanol–water partition coefficient (Wildman–Crippen LogP) is 8.40. The first-order valence-corrected chi connectivity index (χ1v) is 10.7. The van der Waals surface area contributed by atoms with E-state index < -0.39 is 6.11 Å². The van der Waals surface area contributed by atoms with E-state index in [1.54, 1.807) is 26.0 Å². The summed E-state index contributed by atoms with van der Waals surface area (Å²) in [6, 6.07) is 11.1. The second kappa shape index (κ2) is 8.14. The standard InChI is InChI=1S/C26H27BrF2O/c1-14-12-23(13-15(2)20(14)7)30-26(28,29)25-18(5)8-21(9-19(25)6)24-16(3)10-22(27)11-17(24)4/h8-13H,1-7H3. The van der Waals surface area contributed by atoms with E-state index in [9.17, 15) is 0 Å². The van der Waals surface area contributed by atoms with Gasteiger partial charge >= 0.3 is 6.11 Å².